The van der Waals surface area contributed by atoms with Crippen molar-refractivity contribution in [2.45, 2.75) is 6.42 Å². The molecule has 1 heterocycles. The fourth-order valence-electron chi connectivity index (χ4n) is 4.52. The van der Waals surface area contributed by atoms with Crippen molar-refractivity contribution in [2.24, 2.45) is 0 Å². The highest BCUT2D eigenvalue weighted by Crippen LogP contribution is 2.31. The maximum atomic E-state index is 13.2. The number of carbonyl (C=O) groups is 1. The molecule has 0 bridgehead atoms. The van der Waals surface area contributed by atoms with Gasteiger partial charge in [0.2, 0.25) is 0 Å². The number of nitrogens with one attached hydrogen (secondary N) is 1. The molecule has 0 aliphatic rings. The summed E-state index contributed by atoms with van der Waals surface area (Å²) in [5, 5.41) is 4.17. The summed E-state index contributed by atoms with van der Waals surface area (Å²) in [6, 6.07) is 25.9. The summed E-state index contributed by atoms with van der Waals surface area (Å²) in [6.45, 7) is 1.35. The Morgan fingerprint density at radius 1 is 0.875 bits per heavy atom. The lowest BCUT2D eigenvalue weighted by molar-refractivity contribution is 0.102. The number of rotatable bonds is 10. The molecule has 0 atom stereocenters. The van der Waals surface area contributed by atoms with Crippen LogP contribution in [0.25, 0.3) is 20.2 Å². The normalized spacial score (nSPS) is 10.9. The topological polar surface area (TPSA) is 77.1 Å². The van der Waals surface area contributed by atoms with Gasteiger partial charge in [-0.15, -0.1) is 11.3 Å². The highest BCUT2D eigenvalue weighted by molar-refractivity contribution is 7.24. The number of amides is 1. The number of methoxy groups -OCH3 is 2. The number of hydrogen-bond donors (Lipinski definition) is 1. The van der Waals surface area contributed by atoms with Crippen LogP contribution < -0.4 is 29.9 Å². The third-order valence-corrected chi connectivity index (χ3v) is 7.89. The van der Waals surface area contributed by atoms with Gasteiger partial charge in [-0.25, -0.2) is 0 Å². The summed E-state index contributed by atoms with van der Waals surface area (Å²) >= 11 is 1.45. The van der Waals surface area contributed by atoms with E-state index in [0.29, 0.717) is 44.8 Å². The Hall–Kier alpha value is -4.56. The van der Waals surface area contributed by atoms with E-state index in [0.717, 1.165) is 29.1 Å². The van der Waals surface area contributed by atoms with Gasteiger partial charge in [0.25, 0.3) is 5.91 Å². The molecule has 1 aromatic heterocycles. The smallest absolute Gasteiger partial charge is 0.257 e. The fraction of sp³-hybridized carbons (Fsp3) is 0.188. The predicted octanol–water partition coefficient (Wildman–Crippen LogP) is 6.59. The summed E-state index contributed by atoms with van der Waals surface area (Å²) in [5.74, 6) is 1.86. The number of carbonyl (C=O) groups excluding carboxylic acids is 1. The molecular weight excluding hydrogens is 524 g/mol. The minimum absolute atomic E-state index is 0.0598. The molecule has 0 unspecified atom stereocenters. The van der Waals surface area contributed by atoms with Crippen LogP contribution in [0, 0.1) is 0 Å². The van der Waals surface area contributed by atoms with Gasteiger partial charge < -0.3 is 24.4 Å². The molecule has 1 amide bonds. The third-order valence-electron chi connectivity index (χ3n) is 6.67. The molecule has 0 radical (unpaired) electrons. The molecule has 0 saturated carbocycles. The first kappa shape index (κ1) is 27.0. The molecule has 7 nitrogen and oxygen atoms in total. The van der Waals surface area contributed by atoms with Crippen LogP contribution in [0.15, 0.2) is 89.7 Å². The lowest BCUT2D eigenvalue weighted by Crippen LogP contribution is -2.20. The van der Waals surface area contributed by atoms with Crippen molar-refractivity contribution >= 4 is 48.8 Å². The van der Waals surface area contributed by atoms with Crippen LogP contribution in [0.2, 0.25) is 0 Å². The van der Waals surface area contributed by atoms with Crippen molar-refractivity contribution in [1.29, 1.82) is 0 Å². The molecule has 204 valence electrons. The average Bonchev–Trinajstić information content (AvgIpc) is 2.99. The fourth-order valence-corrected chi connectivity index (χ4v) is 5.70. The van der Waals surface area contributed by atoms with Gasteiger partial charge in [0.15, 0.2) is 16.9 Å². The highest BCUT2D eigenvalue weighted by Gasteiger charge is 2.15. The van der Waals surface area contributed by atoms with E-state index >= 15 is 0 Å². The molecule has 8 heteroatoms. The Kier molecular flexibility index (Phi) is 8.17. The van der Waals surface area contributed by atoms with Crippen molar-refractivity contribution in [3.05, 3.63) is 101 Å². The predicted molar refractivity (Wildman–Crippen MR) is 163 cm³/mol. The average molecular weight is 555 g/mol. The van der Waals surface area contributed by atoms with Crippen molar-refractivity contribution in [2.75, 3.05) is 44.6 Å². The zero-order valence-corrected chi connectivity index (χ0v) is 23.4. The molecule has 5 aromatic rings. The number of nitrogens with zero attached hydrogens (tertiary/aromatic N) is 1. The molecule has 0 aliphatic heterocycles. The van der Waals surface area contributed by atoms with Crippen LogP contribution in [-0.4, -0.2) is 40.3 Å². The third kappa shape index (κ3) is 5.72. The first-order valence-corrected chi connectivity index (χ1v) is 13.7. The first-order chi connectivity index (χ1) is 19.5. The SMILES string of the molecule is COc1ccc(N(C)CCCOc2ccc(NC(=O)c3cccc4c(=O)c5ccccc5sc34)cc2)cc1OC. The number of fused-ring (bicyclic) bond motifs is 2. The van der Waals surface area contributed by atoms with E-state index < -0.39 is 0 Å². The zero-order valence-electron chi connectivity index (χ0n) is 22.6. The monoisotopic (exact) mass is 554 g/mol. The molecule has 40 heavy (non-hydrogen) atoms. The summed E-state index contributed by atoms with van der Waals surface area (Å²) < 4.78 is 18.2. The van der Waals surface area contributed by atoms with Gasteiger partial charge in [-0.2, -0.15) is 0 Å². The molecule has 1 N–H and O–H groups in total. The van der Waals surface area contributed by atoms with Crippen molar-refractivity contribution in [3.8, 4) is 17.2 Å². The van der Waals surface area contributed by atoms with Crippen molar-refractivity contribution in [1.82, 2.24) is 0 Å². The van der Waals surface area contributed by atoms with Crippen molar-refractivity contribution < 1.29 is 19.0 Å². The molecule has 0 fully saturated rings. The Bertz CT molecular complexity index is 1720. The maximum absolute atomic E-state index is 13.2. The van der Waals surface area contributed by atoms with Gasteiger partial charge in [0, 0.05) is 46.5 Å². The summed E-state index contributed by atoms with van der Waals surface area (Å²) in [6.07, 6.45) is 0.821. The molecule has 4 aromatic carbocycles. The Morgan fingerprint density at radius 2 is 1.62 bits per heavy atom. The number of hydrogen-bond acceptors (Lipinski definition) is 7. The summed E-state index contributed by atoms with van der Waals surface area (Å²) in [7, 11) is 5.27. The first-order valence-electron chi connectivity index (χ1n) is 12.9. The Morgan fingerprint density at radius 3 is 2.40 bits per heavy atom. The number of benzene rings is 4. The Labute approximate surface area is 236 Å². The number of ether oxygens (including phenoxy) is 3. The van der Waals surface area contributed by atoms with E-state index in [4.69, 9.17) is 14.2 Å². The van der Waals surface area contributed by atoms with Crippen molar-refractivity contribution in [3.63, 3.8) is 0 Å². The highest BCUT2D eigenvalue weighted by atomic mass is 32.1. The second-order valence-corrected chi connectivity index (χ2v) is 10.3. The lowest BCUT2D eigenvalue weighted by Gasteiger charge is -2.20. The molecule has 0 spiro atoms. The molecule has 5 rings (SSSR count). The second kappa shape index (κ2) is 12.1. The molecule has 0 aliphatic carbocycles. The minimum atomic E-state index is -0.261. The van der Waals surface area contributed by atoms with E-state index in [1.807, 2.05) is 73.8 Å². The van der Waals surface area contributed by atoms with Crippen LogP contribution in [0.3, 0.4) is 0 Å². The zero-order chi connectivity index (χ0) is 28.1. The number of anilines is 2. The second-order valence-electron chi connectivity index (χ2n) is 9.25. The van der Waals surface area contributed by atoms with Crippen LogP contribution >= 0.6 is 11.3 Å². The van der Waals surface area contributed by atoms with Gasteiger partial charge in [-0.3, -0.25) is 9.59 Å². The van der Waals surface area contributed by atoms with E-state index in [1.165, 1.54) is 11.3 Å². The largest absolute Gasteiger partial charge is 0.494 e. The van der Waals surface area contributed by atoms with E-state index in [2.05, 4.69) is 10.2 Å². The standard InChI is InChI=1S/C32H30N2O5S/c1-34(22-14-17-27(37-2)28(20-22)38-3)18-7-19-39-23-15-12-21(13-16-23)33-32(36)26-10-6-9-25-30(35)24-8-4-5-11-29(24)40-31(25)26/h4-6,8-17,20H,7,18-19H2,1-3H3,(H,33,36). The molecular formula is C32H30N2O5S. The van der Waals surface area contributed by atoms with Gasteiger partial charge in [-0.1, -0.05) is 18.2 Å². The minimum Gasteiger partial charge on any atom is -0.494 e. The lowest BCUT2D eigenvalue weighted by atomic mass is 10.1. The van der Waals surface area contributed by atoms with Gasteiger partial charge in [0.05, 0.1) is 31.1 Å². The van der Waals surface area contributed by atoms with Gasteiger partial charge in [-0.05, 0) is 67.1 Å². The van der Waals surface area contributed by atoms with Gasteiger partial charge >= 0.3 is 0 Å². The summed E-state index contributed by atoms with van der Waals surface area (Å²) in [5.41, 5.74) is 2.10. The van der Waals surface area contributed by atoms with Crippen LogP contribution in [0.4, 0.5) is 11.4 Å². The maximum Gasteiger partial charge on any atom is 0.257 e. The summed E-state index contributed by atoms with van der Waals surface area (Å²) in [4.78, 5) is 28.3. The van der Waals surface area contributed by atoms with E-state index in [1.54, 1.807) is 32.4 Å². The van der Waals surface area contributed by atoms with Crippen LogP contribution in [0.5, 0.6) is 17.2 Å². The van der Waals surface area contributed by atoms with Gasteiger partial charge in [0.1, 0.15) is 5.75 Å². The quantitative estimate of drug-likeness (QED) is 0.155. The Balaban J connectivity index is 1.18. The van der Waals surface area contributed by atoms with Crippen LogP contribution in [0.1, 0.15) is 16.8 Å². The van der Waals surface area contributed by atoms with Crippen LogP contribution in [-0.2, 0) is 0 Å². The molecule has 0 saturated heterocycles. The van der Waals surface area contributed by atoms with E-state index in [9.17, 15) is 9.59 Å². The van der Waals surface area contributed by atoms with E-state index in [-0.39, 0.29) is 11.3 Å².